The Morgan fingerprint density at radius 1 is 1.09 bits per heavy atom. The number of amides is 1. The third kappa shape index (κ3) is 4.05. The second kappa shape index (κ2) is 9.04. The number of nitrogens with one attached hydrogen (secondary N) is 1. The molecule has 0 aliphatic rings. The van der Waals surface area contributed by atoms with Crippen molar-refractivity contribution in [2.75, 3.05) is 12.4 Å². The van der Waals surface area contributed by atoms with Crippen LogP contribution in [-0.2, 0) is 11.3 Å². The minimum Gasteiger partial charge on any atom is -0.465 e. The predicted octanol–water partition coefficient (Wildman–Crippen LogP) is 7.01. The topological polar surface area (TPSA) is 60.3 Å². The molecule has 5 nitrogen and oxygen atoms in total. The molecule has 7 heteroatoms. The molecule has 1 amide bonds. The van der Waals surface area contributed by atoms with Crippen molar-refractivity contribution >= 4 is 50.7 Å². The van der Waals surface area contributed by atoms with Crippen LogP contribution in [0.2, 0.25) is 5.02 Å². The van der Waals surface area contributed by atoms with Crippen molar-refractivity contribution in [3.63, 3.8) is 0 Å². The molecule has 0 spiro atoms. The van der Waals surface area contributed by atoms with E-state index in [0.29, 0.717) is 27.8 Å². The van der Waals surface area contributed by atoms with Gasteiger partial charge in [-0.2, -0.15) is 0 Å². The Morgan fingerprint density at radius 2 is 1.85 bits per heavy atom. The number of hydrogen-bond donors (Lipinski definition) is 1. The number of thiophene rings is 1. The van der Waals surface area contributed by atoms with E-state index in [1.54, 1.807) is 0 Å². The highest BCUT2D eigenvalue weighted by atomic mass is 35.5. The van der Waals surface area contributed by atoms with Gasteiger partial charge in [-0.25, -0.2) is 4.79 Å². The summed E-state index contributed by atoms with van der Waals surface area (Å²) in [5.74, 6) is -0.761. The van der Waals surface area contributed by atoms with Crippen LogP contribution in [0.1, 0.15) is 44.5 Å². The van der Waals surface area contributed by atoms with Crippen LogP contribution in [0.15, 0.2) is 41.8 Å². The molecule has 0 atom stereocenters. The van der Waals surface area contributed by atoms with E-state index in [-0.39, 0.29) is 5.91 Å². The molecular weight excluding hydrogens is 456 g/mol. The molecule has 2 aromatic carbocycles. The Hall–Kier alpha value is -3.09. The molecule has 4 rings (SSSR count). The quantitative estimate of drug-likeness (QED) is 0.312. The average molecular weight is 481 g/mol. The molecule has 2 heterocycles. The van der Waals surface area contributed by atoms with Gasteiger partial charge in [0.25, 0.3) is 5.91 Å². The summed E-state index contributed by atoms with van der Waals surface area (Å²) in [7, 11) is 1.35. The van der Waals surface area contributed by atoms with Crippen LogP contribution in [0.3, 0.4) is 0 Å². The average Bonchev–Trinajstić information content (AvgIpc) is 3.33. The third-order valence-electron chi connectivity index (χ3n) is 5.90. The molecule has 0 saturated heterocycles. The monoisotopic (exact) mass is 480 g/mol. The summed E-state index contributed by atoms with van der Waals surface area (Å²) in [6.45, 7) is 8.54. The van der Waals surface area contributed by atoms with Gasteiger partial charge in [0.2, 0.25) is 0 Å². The first-order chi connectivity index (χ1) is 15.8. The second-order valence-electron chi connectivity index (χ2n) is 8.00. The maximum atomic E-state index is 13.5. The maximum Gasteiger partial charge on any atom is 0.341 e. The van der Waals surface area contributed by atoms with Crippen LogP contribution in [0, 0.1) is 20.8 Å². The van der Waals surface area contributed by atoms with Crippen LogP contribution in [0.5, 0.6) is 0 Å². The Kier molecular flexibility index (Phi) is 6.32. The second-order valence-corrected chi connectivity index (χ2v) is 9.31. The standard InChI is InChI=1S/C26H25ClN2O3S/c1-6-29-21-10-9-17(27)12-19(21)16(4)23(29)24(30)28-25-22(26(31)32-5)20(13-33-25)18-11-14(2)7-8-15(18)3/h7-13H,6H2,1-5H3,(H,28,30). The van der Waals surface area contributed by atoms with E-state index in [0.717, 1.165) is 38.7 Å². The summed E-state index contributed by atoms with van der Waals surface area (Å²) in [6.07, 6.45) is 0. The predicted molar refractivity (Wildman–Crippen MR) is 136 cm³/mol. The molecule has 0 unspecified atom stereocenters. The van der Waals surface area contributed by atoms with Gasteiger partial charge in [-0.3, -0.25) is 4.79 Å². The lowest BCUT2D eigenvalue weighted by molar-refractivity contribution is 0.0603. The number of carbonyl (C=O) groups excluding carboxylic acids is 2. The van der Waals surface area contributed by atoms with Crippen molar-refractivity contribution in [1.29, 1.82) is 0 Å². The summed E-state index contributed by atoms with van der Waals surface area (Å²) < 4.78 is 7.05. The van der Waals surface area contributed by atoms with Crippen molar-refractivity contribution in [3.8, 4) is 11.1 Å². The first-order valence-corrected chi connectivity index (χ1v) is 11.9. The Bertz CT molecular complexity index is 1400. The van der Waals surface area contributed by atoms with Crippen LogP contribution < -0.4 is 5.32 Å². The molecule has 2 aromatic heterocycles. The van der Waals surface area contributed by atoms with Gasteiger partial charge in [-0.15, -0.1) is 11.3 Å². The van der Waals surface area contributed by atoms with E-state index in [2.05, 4.69) is 5.32 Å². The molecule has 33 heavy (non-hydrogen) atoms. The highest BCUT2D eigenvalue weighted by Gasteiger charge is 2.26. The highest BCUT2D eigenvalue weighted by molar-refractivity contribution is 7.15. The third-order valence-corrected chi connectivity index (χ3v) is 7.03. The molecule has 0 aliphatic carbocycles. The van der Waals surface area contributed by atoms with Crippen LogP contribution in [0.4, 0.5) is 5.00 Å². The van der Waals surface area contributed by atoms with E-state index in [1.807, 2.05) is 74.0 Å². The lowest BCUT2D eigenvalue weighted by Crippen LogP contribution is -2.19. The number of anilines is 1. The number of esters is 1. The van der Waals surface area contributed by atoms with Crippen molar-refractivity contribution in [1.82, 2.24) is 4.57 Å². The number of carbonyl (C=O) groups is 2. The van der Waals surface area contributed by atoms with Crippen molar-refractivity contribution in [2.45, 2.75) is 34.2 Å². The number of ether oxygens (including phenoxy) is 1. The Labute approximate surface area is 201 Å². The molecule has 170 valence electrons. The molecule has 0 bridgehead atoms. The summed E-state index contributed by atoms with van der Waals surface area (Å²) >= 11 is 7.52. The summed E-state index contributed by atoms with van der Waals surface area (Å²) in [5.41, 5.74) is 6.53. The first kappa shape index (κ1) is 23.1. The fraction of sp³-hybridized carbons (Fsp3) is 0.231. The molecule has 0 radical (unpaired) electrons. The molecule has 0 aliphatic heterocycles. The first-order valence-electron chi connectivity index (χ1n) is 10.6. The highest BCUT2D eigenvalue weighted by Crippen LogP contribution is 2.38. The lowest BCUT2D eigenvalue weighted by Gasteiger charge is -2.12. The zero-order valence-corrected chi connectivity index (χ0v) is 20.8. The normalized spacial score (nSPS) is 11.1. The molecular formula is C26H25ClN2O3S. The van der Waals surface area contributed by atoms with Gasteiger partial charge < -0.3 is 14.6 Å². The number of aromatic nitrogens is 1. The van der Waals surface area contributed by atoms with Gasteiger partial charge >= 0.3 is 5.97 Å². The Morgan fingerprint density at radius 3 is 2.55 bits per heavy atom. The number of hydrogen-bond acceptors (Lipinski definition) is 4. The number of fused-ring (bicyclic) bond motifs is 1. The number of aryl methyl sites for hydroxylation is 4. The van der Waals surface area contributed by atoms with Crippen molar-refractivity contribution in [3.05, 3.63) is 74.7 Å². The van der Waals surface area contributed by atoms with E-state index in [1.165, 1.54) is 18.4 Å². The van der Waals surface area contributed by atoms with Crippen LogP contribution in [0.25, 0.3) is 22.0 Å². The van der Waals surface area contributed by atoms with E-state index in [9.17, 15) is 9.59 Å². The Balaban J connectivity index is 1.81. The summed E-state index contributed by atoms with van der Waals surface area (Å²) in [5, 5.41) is 6.90. The zero-order valence-electron chi connectivity index (χ0n) is 19.2. The fourth-order valence-electron chi connectivity index (χ4n) is 4.26. The van der Waals surface area contributed by atoms with Crippen molar-refractivity contribution < 1.29 is 14.3 Å². The number of halogens is 1. The minimum atomic E-state index is -0.484. The molecule has 0 saturated carbocycles. The lowest BCUT2D eigenvalue weighted by atomic mass is 9.97. The largest absolute Gasteiger partial charge is 0.465 e. The van der Waals surface area contributed by atoms with Gasteiger partial charge in [0.15, 0.2) is 0 Å². The smallest absolute Gasteiger partial charge is 0.341 e. The van der Waals surface area contributed by atoms with Crippen LogP contribution in [-0.4, -0.2) is 23.6 Å². The van der Waals surface area contributed by atoms with Crippen molar-refractivity contribution in [2.24, 2.45) is 0 Å². The minimum absolute atomic E-state index is 0.277. The van der Waals surface area contributed by atoms with Gasteiger partial charge in [0, 0.05) is 33.4 Å². The maximum absolute atomic E-state index is 13.5. The number of rotatable bonds is 5. The molecule has 0 fully saturated rings. The molecule has 1 N–H and O–H groups in total. The van der Waals surface area contributed by atoms with Gasteiger partial charge in [0.1, 0.15) is 16.3 Å². The molecule has 4 aromatic rings. The van der Waals surface area contributed by atoms with Gasteiger partial charge in [0.05, 0.1) is 7.11 Å². The van der Waals surface area contributed by atoms with Gasteiger partial charge in [-0.1, -0.05) is 35.4 Å². The fourth-order valence-corrected chi connectivity index (χ4v) is 5.37. The van der Waals surface area contributed by atoms with Crippen LogP contribution >= 0.6 is 22.9 Å². The number of benzene rings is 2. The van der Waals surface area contributed by atoms with E-state index in [4.69, 9.17) is 16.3 Å². The summed E-state index contributed by atoms with van der Waals surface area (Å²) in [4.78, 5) is 26.3. The van der Waals surface area contributed by atoms with E-state index >= 15 is 0 Å². The number of methoxy groups -OCH3 is 1. The van der Waals surface area contributed by atoms with E-state index < -0.39 is 5.97 Å². The zero-order chi connectivity index (χ0) is 23.9. The SMILES string of the molecule is CCn1c(C(=O)Nc2scc(-c3cc(C)ccc3C)c2C(=O)OC)c(C)c2cc(Cl)ccc21. The summed E-state index contributed by atoms with van der Waals surface area (Å²) in [6, 6.07) is 11.7. The number of nitrogens with zero attached hydrogens (tertiary/aromatic N) is 1. The van der Waals surface area contributed by atoms with Gasteiger partial charge in [-0.05, 0) is 62.6 Å².